The number of nitrogens with zero attached hydrogens (tertiary/aromatic N) is 3. The Kier molecular flexibility index (Phi) is 4.46. The Balaban J connectivity index is 2.40. The van der Waals surface area contributed by atoms with Crippen LogP contribution in [-0.4, -0.2) is 28.4 Å². The molecule has 1 rings (SSSR count). The highest BCUT2D eigenvalue weighted by atomic mass is 15.3. The van der Waals surface area contributed by atoms with Gasteiger partial charge in [-0.15, -0.1) is 0 Å². The van der Waals surface area contributed by atoms with Gasteiger partial charge in [-0.3, -0.25) is 4.68 Å². The summed E-state index contributed by atoms with van der Waals surface area (Å²) < 4.78 is 2.00. The van der Waals surface area contributed by atoms with Crippen molar-refractivity contribution < 1.29 is 0 Å². The molecule has 0 saturated carbocycles. The van der Waals surface area contributed by atoms with Gasteiger partial charge in [0.2, 0.25) is 0 Å². The lowest BCUT2D eigenvalue weighted by Crippen LogP contribution is -2.11. The third kappa shape index (κ3) is 3.14. The molecule has 1 heterocycles. The summed E-state index contributed by atoms with van der Waals surface area (Å²) in [4.78, 5) is 4.23. The maximum absolute atomic E-state index is 4.23. The highest BCUT2D eigenvalue weighted by molar-refractivity contribution is 4.84. The molecule has 0 aliphatic rings. The van der Waals surface area contributed by atoms with E-state index in [2.05, 4.69) is 22.3 Å². The van der Waals surface area contributed by atoms with Crippen LogP contribution < -0.4 is 5.32 Å². The van der Waals surface area contributed by atoms with Gasteiger partial charge in [0, 0.05) is 13.0 Å². The molecule has 0 fully saturated rings. The second-order valence-electron chi connectivity index (χ2n) is 3.11. The first-order chi connectivity index (χ1) is 6.38. The molecule has 0 aliphatic heterocycles. The largest absolute Gasteiger partial charge is 0.320 e. The molecule has 0 saturated heterocycles. The molecule has 0 unspecified atom stereocenters. The second-order valence-corrected chi connectivity index (χ2v) is 3.11. The van der Waals surface area contributed by atoms with Gasteiger partial charge in [0.25, 0.3) is 0 Å². The standard InChI is InChI=1S/C9H18N4/c1-3-7-13-9(11-8-12-13)5-4-6-10-2/h8,10H,3-7H2,1-2H3. The van der Waals surface area contributed by atoms with Crippen LogP contribution in [0.3, 0.4) is 0 Å². The Hall–Kier alpha value is -0.900. The molecular weight excluding hydrogens is 164 g/mol. The highest BCUT2D eigenvalue weighted by Gasteiger charge is 2.01. The van der Waals surface area contributed by atoms with Gasteiger partial charge in [-0.25, -0.2) is 4.98 Å². The Morgan fingerprint density at radius 1 is 1.54 bits per heavy atom. The number of aromatic nitrogens is 3. The zero-order valence-corrected chi connectivity index (χ0v) is 8.45. The average molecular weight is 182 g/mol. The molecular formula is C9H18N4. The van der Waals surface area contributed by atoms with Crippen molar-refractivity contribution >= 4 is 0 Å². The SMILES string of the molecule is CCCn1ncnc1CCCNC. The number of hydrogen-bond acceptors (Lipinski definition) is 3. The first-order valence-electron chi connectivity index (χ1n) is 4.89. The van der Waals surface area contributed by atoms with Crippen LogP contribution in [0.25, 0.3) is 0 Å². The highest BCUT2D eigenvalue weighted by Crippen LogP contribution is 1.99. The van der Waals surface area contributed by atoms with Crippen LogP contribution in [0.4, 0.5) is 0 Å². The topological polar surface area (TPSA) is 42.7 Å². The van der Waals surface area contributed by atoms with Crippen LogP contribution in [0, 0.1) is 0 Å². The van der Waals surface area contributed by atoms with Crippen molar-refractivity contribution in [3.63, 3.8) is 0 Å². The maximum atomic E-state index is 4.23. The van der Waals surface area contributed by atoms with Crippen LogP contribution in [0.15, 0.2) is 6.33 Å². The predicted octanol–water partition coefficient (Wildman–Crippen LogP) is 0.840. The van der Waals surface area contributed by atoms with Crippen molar-refractivity contribution in [1.29, 1.82) is 0 Å². The first-order valence-corrected chi connectivity index (χ1v) is 4.89. The van der Waals surface area contributed by atoms with E-state index in [4.69, 9.17) is 0 Å². The fraction of sp³-hybridized carbons (Fsp3) is 0.778. The van der Waals surface area contributed by atoms with Gasteiger partial charge >= 0.3 is 0 Å². The van der Waals surface area contributed by atoms with E-state index in [0.29, 0.717) is 0 Å². The third-order valence-electron chi connectivity index (χ3n) is 1.96. The van der Waals surface area contributed by atoms with Gasteiger partial charge in [-0.2, -0.15) is 5.10 Å². The lowest BCUT2D eigenvalue weighted by atomic mass is 10.3. The normalized spacial score (nSPS) is 10.6. The van der Waals surface area contributed by atoms with Crippen molar-refractivity contribution in [3.8, 4) is 0 Å². The minimum atomic E-state index is 0.981. The van der Waals surface area contributed by atoms with E-state index in [1.807, 2.05) is 11.7 Å². The summed E-state index contributed by atoms with van der Waals surface area (Å²) >= 11 is 0. The molecule has 0 aliphatic carbocycles. The molecule has 13 heavy (non-hydrogen) atoms. The molecule has 1 aromatic heterocycles. The van der Waals surface area contributed by atoms with Crippen molar-refractivity contribution in [3.05, 3.63) is 12.2 Å². The van der Waals surface area contributed by atoms with Gasteiger partial charge in [0.1, 0.15) is 12.2 Å². The zero-order chi connectivity index (χ0) is 9.52. The van der Waals surface area contributed by atoms with Gasteiger partial charge in [-0.1, -0.05) is 6.92 Å². The molecule has 0 bridgehead atoms. The molecule has 1 aromatic rings. The Labute approximate surface area is 79.4 Å². The molecule has 0 spiro atoms. The Bertz CT molecular complexity index is 231. The van der Waals surface area contributed by atoms with Gasteiger partial charge in [0.05, 0.1) is 0 Å². The summed E-state index contributed by atoms with van der Waals surface area (Å²) in [6.07, 6.45) is 4.90. The Morgan fingerprint density at radius 3 is 3.08 bits per heavy atom. The molecule has 0 atom stereocenters. The fourth-order valence-corrected chi connectivity index (χ4v) is 1.30. The van der Waals surface area contributed by atoms with Crippen molar-refractivity contribution in [2.24, 2.45) is 0 Å². The second kappa shape index (κ2) is 5.70. The summed E-state index contributed by atoms with van der Waals surface area (Å²) in [5.41, 5.74) is 0. The van der Waals surface area contributed by atoms with E-state index in [9.17, 15) is 0 Å². The van der Waals surface area contributed by atoms with Gasteiger partial charge < -0.3 is 5.32 Å². The van der Waals surface area contributed by atoms with Crippen LogP contribution in [0.1, 0.15) is 25.6 Å². The molecule has 74 valence electrons. The number of rotatable bonds is 6. The van der Waals surface area contributed by atoms with E-state index in [-0.39, 0.29) is 0 Å². The average Bonchev–Trinajstić information content (AvgIpc) is 2.54. The summed E-state index contributed by atoms with van der Waals surface area (Å²) in [5.74, 6) is 1.11. The third-order valence-corrected chi connectivity index (χ3v) is 1.96. The van der Waals surface area contributed by atoms with Crippen LogP contribution in [-0.2, 0) is 13.0 Å². The lowest BCUT2D eigenvalue weighted by Gasteiger charge is -2.03. The van der Waals surface area contributed by atoms with Crippen LogP contribution in [0.2, 0.25) is 0 Å². The van der Waals surface area contributed by atoms with Crippen LogP contribution >= 0.6 is 0 Å². The minimum absolute atomic E-state index is 0.981. The quantitative estimate of drug-likeness (QED) is 0.663. The smallest absolute Gasteiger partial charge is 0.138 e. The molecule has 0 radical (unpaired) electrons. The zero-order valence-electron chi connectivity index (χ0n) is 8.45. The minimum Gasteiger partial charge on any atom is -0.320 e. The van der Waals surface area contributed by atoms with E-state index >= 15 is 0 Å². The van der Waals surface area contributed by atoms with Crippen molar-refractivity contribution in [1.82, 2.24) is 20.1 Å². The fourth-order valence-electron chi connectivity index (χ4n) is 1.30. The molecule has 4 heteroatoms. The predicted molar refractivity (Wildman–Crippen MR) is 52.6 cm³/mol. The first kappa shape index (κ1) is 10.2. The summed E-state index contributed by atoms with van der Waals surface area (Å²) in [5, 5.41) is 7.29. The molecule has 4 nitrogen and oxygen atoms in total. The van der Waals surface area contributed by atoms with Crippen LogP contribution in [0.5, 0.6) is 0 Å². The summed E-state index contributed by atoms with van der Waals surface area (Å²) in [7, 11) is 1.97. The summed E-state index contributed by atoms with van der Waals surface area (Å²) in [6, 6.07) is 0. The van der Waals surface area contributed by atoms with Crippen molar-refractivity contribution in [2.75, 3.05) is 13.6 Å². The monoisotopic (exact) mass is 182 g/mol. The maximum Gasteiger partial charge on any atom is 0.138 e. The Morgan fingerprint density at radius 2 is 2.38 bits per heavy atom. The molecule has 1 N–H and O–H groups in total. The number of nitrogens with one attached hydrogen (secondary N) is 1. The number of hydrogen-bond donors (Lipinski definition) is 1. The van der Waals surface area contributed by atoms with E-state index in [1.54, 1.807) is 6.33 Å². The summed E-state index contributed by atoms with van der Waals surface area (Å²) in [6.45, 7) is 4.17. The van der Waals surface area contributed by atoms with E-state index in [1.165, 1.54) is 0 Å². The van der Waals surface area contributed by atoms with Gasteiger partial charge in [0.15, 0.2) is 0 Å². The van der Waals surface area contributed by atoms with E-state index < -0.39 is 0 Å². The molecule has 0 aromatic carbocycles. The number of aryl methyl sites for hydroxylation is 2. The lowest BCUT2D eigenvalue weighted by molar-refractivity contribution is 0.558. The van der Waals surface area contributed by atoms with Gasteiger partial charge in [-0.05, 0) is 26.4 Å². The molecule has 0 amide bonds. The van der Waals surface area contributed by atoms with E-state index in [0.717, 1.165) is 38.2 Å². The van der Waals surface area contributed by atoms with Crippen molar-refractivity contribution in [2.45, 2.75) is 32.7 Å².